The smallest absolute Gasteiger partial charge is 0.379 e. The van der Waals surface area contributed by atoms with Crippen molar-refractivity contribution in [3.05, 3.63) is 0 Å². The Morgan fingerprint density at radius 2 is 2.13 bits per heavy atom. The van der Waals surface area contributed by atoms with Crippen molar-refractivity contribution in [3.63, 3.8) is 0 Å². The van der Waals surface area contributed by atoms with E-state index in [0.717, 1.165) is 0 Å². The Labute approximate surface area is 87.7 Å². The minimum Gasteiger partial charge on any atom is -0.379 e. The van der Waals surface area contributed by atoms with Gasteiger partial charge < -0.3 is 9.63 Å². The molecule has 1 aliphatic rings. The van der Waals surface area contributed by atoms with Crippen LogP contribution < -0.4 is 5.09 Å². The van der Waals surface area contributed by atoms with E-state index in [4.69, 9.17) is 14.5 Å². The van der Waals surface area contributed by atoms with Gasteiger partial charge in [0.05, 0.1) is 19.9 Å². The fourth-order valence-electron chi connectivity index (χ4n) is 1.07. The Hall–Kier alpha value is 0.0900. The minimum atomic E-state index is -4.18. The number of morpholine rings is 1. The van der Waals surface area contributed by atoms with Crippen LogP contribution in [0.4, 0.5) is 0 Å². The van der Waals surface area contributed by atoms with Crippen LogP contribution in [0.5, 0.6) is 0 Å². The van der Waals surface area contributed by atoms with Gasteiger partial charge in [-0.15, -0.1) is 4.89 Å². The predicted octanol–water partition coefficient (Wildman–Crippen LogP) is -0.368. The molecule has 0 aromatic rings. The molecule has 8 nitrogen and oxygen atoms in total. The maximum Gasteiger partial charge on any atom is 0.704 e. The zero-order valence-electron chi connectivity index (χ0n) is 7.90. The lowest BCUT2D eigenvalue weighted by Crippen LogP contribution is -2.41. The molecule has 0 aliphatic carbocycles. The first-order chi connectivity index (χ1) is 6.99. The molecule has 0 bridgehead atoms. The van der Waals surface area contributed by atoms with Crippen molar-refractivity contribution in [2.45, 2.75) is 0 Å². The van der Waals surface area contributed by atoms with Gasteiger partial charge in [-0.25, -0.2) is 9.65 Å². The summed E-state index contributed by atoms with van der Waals surface area (Å²) in [6.45, 7) is 2.51. The summed E-state index contributed by atoms with van der Waals surface area (Å²) in [7, 11) is -7.27. The molecule has 0 aromatic heterocycles. The van der Waals surface area contributed by atoms with E-state index in [1.807, 2.05) is 4.90 Å². The molecule has 88 valence electrons. The fourth-order valence-corrected chi connectivity index (χ4v) is 2.44. The summed E-state index contributed by atoms with van der Waals surface area (Å²) >= 11 is 0. The van der Waals surface area contributed by atoms with Crippen molar-refractivity contribution in [1.29, 1.82) is 0 Å². The van der Waals surface area contributed by atoms with Crippen molar-refractivity contribution >= 4 is 16.0 Å². The topological polar surface area (TPSA) is 108 Å². The molecule has 1 heterocycles. The Balaban J connectivity index is 2.28. The molecule has 2 unspecified atom stereocenters. The summed E-state index contributed by atoms with van der Waals surface area (Å²) in [4.78, 5) is 19.2. The highest BCUT2D eigenvalue weighted by Gasteiger charge is 2.32. The molecular weight excluding hydrogens is 246 g/mol. The van der Waals surface area contributed by atoms with Crippen LogP contribution in [-0.4, -0.2) is 47.7 Å². The van der Waals surface area contributed by atoms with E-state index in [1.165, 1.54) is 0 Å². The second-order valence-electron chi connectivity index (χ2n) is 2.89. The highest BCUT2D eigenvalue weighted by molar-refractivity contribution is 7.58. The third kappa shape index (κ3) is 5.65. The minimum absolute atomic E-state index is 0.111. The maximum atomic E-state index is 11.1. The summed E-state index contributed by atoms with van der Waals surface area (Å²) < 4.78 is 30.3. The molecule has 0 amide bonds. The lowest BCUT2D eigenvalue weighted by molar-refractivity contribution is 0.0362. The van der Waals surface area contributed by atoms with Gasteiger partial charge in [0.25, 0.3) is 0 Å². The molecule has 0 radical (unpaired) electrons. The first-order valence-electron chi connectivity index (χ1n) is 4.23. The van der Waals surface area contributed by atoms with Crippen LogP contribution in [0.3, 0.4) is 0 Å². The van der Waals surface area contributed by atoms with Crippen LogP contribution in [0.1, 0.15) is 0 Å². The fraction of sp³-hybridized carbons (Fsp3) is 1.00. The number of ether oxygens (including phenoxy) is 1. The molecule has 1 saturated heterocycles. The van der Waals surface area contributed by atoms with Gasteiger partial charge >= 0.3 is 16.0 Å². The van der Waals surface area contributed by atoms with Crippen LogP contribution >= 0.6 is 16.0 Å². The van der Waals surface area contributed by atoms with Crippen LogP contribution in [0.2, 0.25) is 0 Å². The number of nitrogens with one attached hydrogen (secondary N) is 1. The average Bonchev–Trinajstić information content (AvgIpc) is 2.15. The molecule has 15 heavy (non-hydrogen) atoms. The van der Waals surface area contributed by atoms with E-state index in [0.29, 0.717) is 26.3 Å². The second-order valence-corrected chi connectivity index (χ2v) is 5.37. The summed E-state index contributed by atoms with van der Waals surface area (Å²) in [6.07, 6.45) is 0. The zero-order chi connectivity index (χ0) is 11.3. The number of hydrogen-bond acceptors (Lipinski definition) is 5. The standard InChI is InChI=1S/C5H12N2O6P2/c8-14(9)13-15(10,11)6-5-7-1-3-12-4-2-7/h1-5H2,(H2-,6,8,9,10,11)/p+1. The normalized spacial score (nSPS) is 23.5. The predicted molar refractivity (Wildman–Crippen MR) is 51.1 cm³/mol. The zero-order valence-corrected chi connectivity index (χ0v) is 9.69. The van der Waals surface area contributed by atoms with Crippen molar-refractivity contribution in [2.24, 2.45) is 0 Å². The molecule has 3 N–H and O–H groups in total. The molecule has 0 aromatic carbocycles. The van der Waals surface area contributed by atoms with Crippen LogP contribution in [-0.2, 0) is 18.2 Å². The summed E-state index contributed by atoms with van der Waals surface area (Å²) in [5, 5.41) is 2.18. The Bertz CT molecular complexity index is 268. The SMILES string of the molecule is O=[P+](O)OP(=O)(O)NCN1CCOCC1. The quantitative estimate of drug-likeness (QED) is 0.574. The lowest BCUT2D eigenvalue weighted by Gasteiger charge is -2.26. The van der Waals surface area contributed by atoms with E-state index in [-0.39, 0.29) is 6.67 Å². The van der Waals surface area contributed by atoms with Gasteiger partial charge in [0.1, 0.15) is 0 Å². The third-order valence-corrected chi connectivity index (χ3v) is 3.76. The van der Waals surface area contributed by atoms with Crippen molar-refractivity contribution in [3.8, 4) is 0 Å². The van der Waals surface area contributed by atoms with Gasteiger partial charge in [0.15, 0.2) is 0 Å². The van der Waals surface area contributed by atoms with E-state index in [1.54, 1.807) is 0 Å². The Morgan fingerprint density at radius 3 is 2.67 bits per heavy atom. The Kier molecular flexibility index (Phi) is 5.25. The van der Waals surface area contributed by atoms with Crippen LogP contribution in [0.25, 0.3) is 0 Å². The van der Waals surface area contributed by atoms with Crippen molar-refractivity contribution < 1.29 is 28.0 Å². The maximum absolute atomic E-state index is 11.1. The van der Waals surface area contributed by atoms with Crippen LogP contribution in [0, 0.1) is 0 Å². The molecule has 1 rings (SSSR count). The van der Waals surface area contributed by atoms with Gasteiger partial charge in [0.2, 0.25) is 0 Å². The highest BCUT2D eigenvalue weighted by Crippen LogP contribution is 2.45. The second kappa shape index (κ2) is 5.98. The molecule has 1 fully saturated rings. The molecular formula is C5H13N2O6P2+. The summed E-state index contributed by atoms with van der Waals surface area (Å²) in [5.74, 6) is 0. The average molecular weight is 259 g/mol. The van der Waals surface area contributed by atoms with E-state index >= 15 is 0 Å². The van der Waals surface area contributed by atoms with Crippen LogP contribution in [0.15, 0.2) is 0 Å². The van der Waals surface area contributed by atoms with Gasteiger partial charge in [-0.3, -0.25) is 4.90 Å². The molecule has 10 heteroatoms. The Morgan fingerprint density at radius 1 is 1.53 bits per heavy atom. The van der Waals surface area contributed by atoms with E-state index in [9.17, 15) is 9.13 Å². The van der Waals surface area contributed by atoms with Gasteiger partial charge in [-0.2, -0.15) is 0 Å². The molecule has 1 aliphatic heterocycles. The first-order valence-corrected chi connectivity index (χ1v) is 6.94. The molecule has 2 atom stereocenters. The van der Waals surface area contributed by atoms with Gasteiger partial charge in [-0.1, -0.05) is 0 Å². The number of rotatable bonds is 5. The number of hydrogen-bond donors (Lipinski definition) is 3. The third-order valence-electron chi connectivity index (χ3n) is 1.78. The largest absolute Gasteiger partial charge is 0.704 e. The van der Waals surface area contributed by atoms with E-state index in [2.05, 4.69) is 9.40 Å². The number of nitrogens with zero attached hydrogens (tertiary/aromatic N) is 1. The molecule has 0 saturated carbocycles. The summed E-state index contributed by atoms with van der Waals surface area (Å²) in [5.41, 5.74) is 0. The summed E-state index contributed by atoms with van der Waals surface area (Å²) in [6, 6.07) is 0. The van der Waals surface area contributed by atoms with Crippen molar-refractivity contribution in [2.75, 3.05) is 33.0 Å². The molecule has 0 spiro atoms. The van der Waals surface area contributed by atoms with Crippen molar-refractivity contribution in [1.82, 2.24) is 9.99 Å². The highest BCUT2D eigenvalue weighted by atomic mass is 31.2. The first kappa shape index (κ1) is 13.2. The monoisotopic (exact) mass is 259 g/mol. The lowest BCUT2D eigenvalue weighted by atomic mass is 10.5. The van der Waals surface area contributed by atoms with Gasteiger partial charge in [-0.05, 0) is 4.31 Å². The van der Waals surface area contributed by atoms with Gasteiger partial charge in [0, 0.05) is 17.7 Å². The van der Waals surface area contributed by atoms with E-state index < -0.39 is 16.0 Å².